The molecular formula is C20H25ClN4O2. The molecule has 3 N–H and O–H groups in total. The lowest BCUT2D eigenvalue weighted by molar-refractivity contribution is 0.102. The van der Waals surface area contributed by atoms with Gasteiger partial charge >= 0.3 is 6.03 Å². The molecule has 1 aliphatic rings. The number of amides is 3. The number of hydrogen-bond donors (Lipinski definition) is 3. The molecule has 0 bridgehead atoms. The molecule has 0 aromatic heterocycles. The summed E-state index contributed by atoms with van der Waals surface area (Å²) in [7, 11) is 0. The van der Waals surface area contributed by atoms with E-state index in [4.69, 9.17) is 0 Å². The molecule has 0 unspecified atom stereocenters. The highest BCUT2D eigenvalue weighted by Crippen LogP contribution is 2.20. The zero-order valence-corrected chi connectivity index (χ0v) is 16.1. The Morgan fingerprint density at radius 3 is 2.78 bits per heavy atom. The van der Waals surface area contributed by atoms with Crippen molar-refractivity contribution in [2.24, 2.45) is 0 Å². The molecule has 2 aromatic carbocycles. The average molecular weight is 389 g/mol. The van der Waals surface area contributed by atoms with Crippen molar-refractivity contribution in [3.63, 3.8) is 0 Å². The molecule has 0 spiro atoms. The van der Waals surface area contributed by atoms with Crippen molar-refractivity contribution < 1.29 is 9.59 Å². The minimum Gasteiger partial charge on any atom is -0.338 e. The summed E-state index contributed by atoms with van der Waals surface area (Å²) in [6, 6.07) is 14.8. The largest absolute Gasteiger partial charge is 0.338 e. The van der Waals surface area contributed by atoms with Gasteiger partial charge in [-0.1, -0.05) is 31.2 Å². The number of nitrogens with one attached hydrogen (secondary N) is 3. The van der Waals surface area contributed by atoms with E-state index in [0.29, 0.717) is 25.2 Å². The zero-order chi connectivity index (χ0) is 18.4. The summed E-state index contributed by atoms with van der Waals surface area (Å²) in [5.41, 5.74) is 3.09. The van der Waals surface area contributed by atoms with Crippen LogP contribution in [0.1, 0.15) is 29.3 Å². The third kappa shape index (κ3) is 5.21. The molecule has 0 saturated carbocycles. The summed E-state index contributed by atoms with van der Waals surface area (Å²) in [6.07, 6.45) is 0.889. The molecule has 1 fully saturated rings. The van der Waals surface area contributed by atoms with E-state index in [1.165, 1.54) is 0 Å². The molecule has 1 heterocycles. The summed E-state index contributed by atoms with van der Waals surface area (Å²) in [6.45, 7) is 4.95. The molecule has 27 heavy (non-hydrogen) atoms. The molecular weight excluding hydrogens is 364 g/mol. The van der Waals surface area contributed by atoms with Crippen LogP contribution in [-0.2, 0) is 6.54 Å². The number of rotatable bonds is 6. The highest BCUT2D eigenvalue weighted by molar-refractivity contribution is 6.05. The van der Waals surface area contributed by atoms with Gasteiger partial charge in [-0.25, -0.2) is 4.79 Å². The Bertz CT molecular complexity index is 797. The van der Waals surface area contributed by atoms with Gasteiger partial charge in [0, 0.05) is 36.6 Å². The first-order chi connectivity index (χ1) is 12.7. The van der Waals surface area contributed by atoms with Gasteiger partial charge in [-0.2, -0.15) is 0 Å². The smallest absolute Gasteiger partial charge is 0.321 e. The van der Waals surface area contributed by atoms with E-state index in [0.717, 1.165) is 29.9 Å². The van der Waals surface area contributed by atoms with E-state index in [2.05, 4.69) is 16.0 Å². The zero-order valence-electron chi connectivity index (χ0n) is 15.3. The standard InChI is InChI=1S/C20H24N4O2.ClH/c1-2-21-14-16-7-3-4-10-18(16)23-19(25)15-8-5-9-17(13-15)24-12-6-11-22-20(24)26;/h3-5,7-10,13,21H,2,6,11-12,14H2,1H3,(H,22,26)(H,23,25);1H. The SMILES string of the molecule is CCNCc1ccccc1NC(=O)c1cccc(N2CCCNC2=O)c1.Cl. The Kier molecular flexibility index (Phi) is 7.64. The number of para-hydroxylation sites is 1. The maximum absolute atomic E-state index is 12.7. The van der Waals surface area contributed by atoms with Crippen LogP contribution in [0.3, 0.4) is 0 Å². The molecule has 3 rings (SSSR count). The topological polar surface area (TPSA) is 73.5 Å². The van der Waals surface area contributed by atoms with Gasteiger partial charge < -0.3 is 16.0 Å². The summed E-state index contributed by atoms with van der Waals surface area (Å²) in [4.78, 5) is 26.4. The predicted octanol–water partition coefficient (Wildman–Crippen LogP) is 3.39. The quantitative estimate of drug-likeness (QED) is 0.710. The molecule has 1 saturated heterocycles. The molecule has 0 radical (unpaired) electrons. The van der Waals surface area contributed by atoms with Crippen molar-refractivity contribution in [3.8, 4) is 0 Å². The average Bonchev–Trinajstić information content (AvgIpc) is 2.68. The van der Waals surface area contributed by atoms with Crippen LogP contribution in [0.2, 0.25) is 0 Å². The lowest BCUT2D eigenvalue weighted by Gasteiger charge is -2.27. The number of benzene rings is 2. The van der Waals surface area contributed by atoms with Crippen molar-refractivity contribution in [3.05, 3.63) is 59.7 Å². The van der Waals surface area contributed by atoms with E-state index < -0.39 is 0 Å². The van der Waals surface area contributed by atoms with E-state index >= 15 is 0 Å². The van der Waals surface area contributed by atoms with Crippen molar-refractivity contribution in [1.82, 2.24) is 10.6 Å². The number of hydrogen-bond acceptors (Lipinski definition) is 3. The van der Waals surface area contributed by atoms with Crippen LogP contribution in [0.4, 0.5) is 16.2 Å². The van der Waals surface area contributed by atoms with Crippen LogP contribution >= 0.6 is 12.4 Å². The number of halogens is 1. The first-order valence-corrected chi connectivity index (χ1v) is 8.94. The molecule has 144 valence electrons. The van der Waals surface area contributed by atoms with Gasteiger partial charge in [-0.15, -0.1) is 12.4 Å². The lowest BCUT2D eigenvalue weighted by Crippen LogP contribution is -2.46. The second kappa shape index (κ2) is 9.94. The fourth-order valence-corrected chi connectivity index (χ4v) is 2.94. The van der Waals surface area contributed by atoms with Crippen LogP contribution in [0, 0.1) is 0 Å². The second-order valence-electron chi connectivity index (χ2n) is 6.18. The second-order valence-corrected chi connectivity index (χ2v) is 6.18. The normalized spacial score (nSPS) is 13.5. The van der Waals surface area contributed by atoms with E-state index in [-0.39, 0.29) is 24.3 Å². The molecule has 6 nitrogen and oxygen atoms in total. The van der Waals surface area contributed by atoms with Crippen molar-refractivity contribution in [1.29, 1.82) is 0 Å². The van der Waals surface area contributed by atoms with Crippen molar-refractivity contribution in [2.75, 3.05) is 29.9 Å². The Morgan fingerprint density at radius 1 is 1.19 bits per heavy atom. The first kappa shape index (κ1) is 20.7. The van der Waals surface area contributed by atoms with Crippen LogP contribution in [0.25, 0.3) is 0 Å². The number of carbonyl (C=O) groups is 2. The Hall–Kier alpha value is -2.57. The van der Waals surface area contributed by atoms with Gasteiger partial charge in [0.05, 0.1) is 0 Å². The van der Waals surface area contributed by atoms with Crippen LogP contribution in [0.5, 0.6) is 0 Å². The third-order valence-corrected chi connectivity index (χ3v) is 4.33. The van der Waals surface area contributed by atoms with Gasteiger partial charge in [0.1, 0.15) is 0 Å². The number of carbonyl (C=O) groups excluding carboxylic acids is 2. The van der Waals surface area contributed by atoms with Gasteiger partial charge in [-0.05, 0) is 42.8 Å². The highest BCUT2D eigenvalue weighted by Gasteiger charge is 2.20. The van der Waals surface area contributed by atoms with Crippen LogP contribution in [0.15, 0.2) is 48.5 Å². The third-order valence-electron chi connectivity index (χ3n) is 4.33. The first-order valence-electron chi connectivity index (χ1n) is 8.94. The van der Waals surface area contributed by atoms with E-state index in [9.17, 15) is 9.59 Å². The molecule has 0 aliphatic carbocycles. The molecule has 0 atom stereocenters. The van der Waals surface area contributed by atoms with Gasteiger partial charge in [0.15, 0.2) is 0 Å². The maximum atomic E-state index is 12.7. The molecule has 1 aliphatic heterocycles. The monoisotopic (exact) mass is 388 g/mol. The predicted molar refractivity (Wildman–Crippen MR) is 111 cm³/mol. The minimum atomic E-state index is -0.187. The fourth-order valence-electron chi connectivity index (χ4n) is 2.94. The maximum Gasteiger partial charge on any atom is 0.321 e. The lowest BCUT2D eigenvalue weighted by atomic mass is 10.1. The van der Waals surface area contributed by atoms with E-state index in [1.807, 2.05) is 37.3 Å². The van der Waals surface area contributed by atoms with Crippen LogP contribution in [-0.4, -0.2) is 31.6 Å². The molecule has 7 heteroatoms. The number of urea groups is 1. The number of nitrogens with zero attached hydrogens (tertiary/aromatic N) is 1. The van der Waals surface area contributed by atoms with Crippen LogP contribution < -0.4 is 20.9 Å². The van der Waals surface area contributed by atoms with Gasteiger partial charge in [0.25, 0.3) is 5.91 Å². The summed E-state index contributed by atoms with van der Waals surface area (Å²) < 4.78 is 0. The Morgan fingerprint density at radius 2 is 2.00 bits per heavy atom. The molecule has 2 aromatic rings. The summed E-state index contributed by atoms with van der Waals surface area (Å²) in [5, 5.41) is 9.08. The number of anilines is 2. The van der Waals surface area contributed by atoms with Gasteiger partial charge in [-0.3, -0.25) is 9.69 Å². The molecule has 3 amide bonds. The Labute approximate surface area is 165 Å². The van der Waals surface area contributed by atoms with Crippen molar-refractivity contribution in [2.45, 2.75) is 19.9 Å². The van der Waals surface area contributed by atoms with E-state index in [1.54, 1.807) is 23.1 Å². The Balaban J connectivity index is 0.00000261. The fraction of sp³-hybridized carbons (Fsp3) is 0.300. The van der Waals surface area contributed by atoms with Crippen molar-refractivity contribution >= 4 is 35.7 Å². The summed E-state index contributed by atoms with van der Waals surface area (Å²) >= 11 is 0. The minimum absolute atomic E-state index is 0. The van der Waals surface area contributed by atoms with Gasteiger partial charge in [0.2, 0.25) is 0 Å². The summed E-state index contributed by atoms with van der Waals surface area (Å²) in [5.74, 6) is -0.187. The highest BCUT2D eigenvalue weighted by atomic mass is 35.5.